The lowest BCUT2D eigenvalue weighted by atomic mass is 9.85. The summed E-state index contributed by atoms with van der Waals surface area (Å²) in [5, 5.41) is 5.03. The lowest BCUT2D eigenvalue weighted by molar-refractivity contribution is 1.33. The fraction of sp³-hybridized carbons (Fsp3) is 0. The maximum atomic E-state index is 4.38. The molecule has 32 heavy (non-hydrogen) atoms. The Labute approximate surface area is 187 Å². The normalized spacial score (nSPS) is 11.1. The number of pyridine rings is 1. The van der Waals surface area contributed by atoms with Crippen molar-refractivity contribution in [1.82, 2.24) is 4.98 Å². The van der Waals surface area contributed by atoms with Crippen molar-refractivity contribution in [1.29, 1.82) is 0 Å². The molecule has 0 aliphatic heterocycles. The van der Waals surface area contributed by atoms with Crippen molar-refractivity contribution >= 4 is 21.5 Å². The molecule has 0 amide bonds. The fourth-order valence-electron chi connectivity index (χ4n) is 4.64. The molecule has 0 unspecified atom stereocenters. The van der Waals surface area contributed by atoms with Gasteiger partial charge in [0.1, 0.15) is 0 Å². The Bertz CT molecular complexity index is 1550. The minimum Gasteiger partial charge on any atom is -0.264 e. The molecule has 0 aliphatic rings. The quantitative estimate of drug-likeness (QED) is 0.268. The van der Waals surface area contributed by atoms with E-state index in [-0.39, 0.29) is 0 Å². The van der Waals surface area contributed by atoms with Crippen LogP contribution in [-0.4, -0.2) is 4.98 Å². The van der Waals surface area contributed by atoms with Gasteiger partial charge in [0.05, 0.1) is 0 Å². The third-order valence-corrected chi connectivity index (χ3v) is 6.14. The maximum absolute atomic E-state index is 4.38. The largest absolute Gasteiger partial charge is 0.264 e. The molecule has 0 bridgehead atoms. The number of aromatic nitrogens is 1. The topological polar surface area (TPSA) is 12.9 Å². The third kappa shape index (κ3) is 3.16. The SMILES string of the molecule is c1ccc(-c2ccc3cc4ccccc4cc3c2-c2ccccc2-c2cccnc2)cc1. The third-order valence-electron chi connectivity index (χ3n) is 6.14. The van der Waals surface area contributed by atoms with Crippen LogP contribution in [-0.2, 0) is 0 Å². The molecule has 0 spiro atoms. The van der Waals surface area contributed by atoms with Gasteiger partial charge in [-0.1, -0.05) is 97.1 Å². The minimum atomic E-state index is 1.12. The highest BCUT2D eigenvalue weighted by atomic mass is 14.6. The molecule has 6 rings (SSSR count). The molecule has 0 saturated carbocycles. The Morgan fingerprint density at radius 2 is 1.12 bits per heavy atom. The van der Waals surface area contributed by atoms with Crippen molar-refractivity contribution in [3.8, 4) is 33.4 Å². The summed E-state index contributed by atoms with van der Waals surface area (Å²) < 4.78 is 0. The van der Waals surface area contributed by atoms with Gasteiger partial charge in [-0.15, -0.1) is 0 Å². The summed E-state index contributed by atoms with van der Waals surface area (Å²) in [6.45, 7) is 0. The Morgan fingerprint density at radius 3 is 1.91 bits per heavy atom. The predicted molar refractivity (Wildman–Crippen MR) is 136 cm³/mol. The average Bonchev–Trinajstić information content (AvgIpc) is 2.88. The van der Waals surface area contributed by atoms with Crippen molar-refractivity contribution in [3.05, 3.63) is 128 Å². The second-order valence-electron chi connectivity index (χ2n) is 8.06. The highest BCUT2D eigenvalue weighted by molar-refractivity contribution is 6.11. The minimum absolute atomic E-state index is 1.12. The molecule has 5 aromatic carbocycles. The molecule has 1 nitrogen and oxygen atoms in total. The van der Waals surface area contributed by atoms with Gasteiger partial charge >= 0.3 is 0 Å². The zero-order valence-electron chi connectivity index (χ0n) is 17.6. The summed E-state index contributed by atoms with van der Waals surface area (Å²) in [7, 11) is 0. The van der Waals surface area contributed by atoms with Gasteiger partial charge in [0.25, 0.3) is 0 Å². The van der Waals surface area contributed by atoms with Gasteiger partial charge < -0.3 is 0 Å². The van der Waals surface area contributed by atoms with Crippen LogP contribution in [0.5, 0.6) is 0 Å². The number of nitrogens with zero attached hydrogens (tertiary/aromatic N) is 1. The summed E-state index contributed by atoms with van der Waals surface area (Å²) in [4.78, 5) is 4.38. The molecule has 0 aliphatic carbocycles. The van der Waals surface area contributed by atoms with Crippen molar-refractivity contribution in [2.24, 2.45) is 0 Å². The van der Waals surface area contributed by atoms with Gasteiger partial charge in [-0.2, -0.15) is 0 Å². The Kier molecular flexibility index (Phi) is 4.51. The summed E-state index contributed by atoms with van der Waals surface area (Å²) >= 11 is 0. The summed E-state index contributed by atoms with van der Waals surface area (Å²) in [6, 6.07) is 41.2. The molecule has 0 radical (unpaired) electrons. The first kappa shape index (κ1) is 18.5. The molecular formula is C31H21N. The van der Waals surface area contributed by atoms with Crippen LogP contribution < -0.4 is 0 Å². The standard InChI is InChI=1S/C31H21N/c1-2-9-22(10-3-1)28-17-16-25-19-23-11-4-5-12-24(23)20-30(25)31(28)29-15-7-6-14-27(29)26-13-8-18-32-21-26/h1-21H. The molecule has 1 heteroatoms. The average molecular weight is 408 g/mol. The van der Waals surface area contributed by atoms with Gasteiger partial charge in [0, 0.05) is 18.0 Å². The number of benzene rings is 5. The first-order valence-electron chi connectivity index (χ1n) is 10.9. The van der Waals surface area contributed by atoms with Gasteiger partial charge in [-0.25, -0.2) is 0 Å². The van der Waals surface area contributed by atoms with Crippen molar-refractivity contribution in [2.75, 3.05) is 0 Å². The number of hydrogen-bond acceptors (Lipinski definition) is 1. The Balaban J connectivity index is 1.75. The van der Waals surface area contributed by atoms with E-state index in [0.717, 1.165) is 5.56 Å². The van der Waals surface area contributed by atoms with Crippen LogP contribution in [0.2, 0.25) is 0 Å². The van der Waals surface area contributed by atoms with Gasteiger partial charge in [0.15, 0.2) is 0 Å². The van der Waals surface area contributed by atoms with E-state index in [4.69, 9.17) is 0 Å². The highest BCUT2D eigenvalue weighted by Crippen LogP contribution is 2.43. The van der Waals surface area contributed by atoms with Gasteiger partial charge in [-0.05, 0) is 67.6 Å². The van der Waals surface area contributed by atoms with E-state index < -0.39 is 0 Å². The van der Waals surface area contributed by atoms with Crippen molar-refractivity contribution in [2.45, 2.75) is 0 Å². The predicted octanol–water partition coefficient (Wildman–Crippen LogP) is 8.39. The second-order valence-corrected chi connectivity index (χ2v) is 8.06. The van der Waals surface area contributed by atoms with Crippen LogP contribution >= 0.6 is 0 Å². The Morgan fingerprint density at radius 1 is 0.438 bits per heavy atom. The second kappa shape index (κ2) is 7.79. The first-order chi connectivity index (χ1) is 15.9. The zero-order valence-corrected chi connectivity index (χ0v) is 17.6. The van der Waals surface area contributed by atoms with E-state index in [1.165, 1.54) is 49.4 Å². The van der Waals surface area contributed by atoms with E-state index in [1.807, 2.05) is 18.5 Å². The van der Waals surface area contributed by atoms with Gasteiger partial charge in [0.2, 0.25) is 0 Å². The zero-order chi connectivity index (χ0) is 21.3. The van der Waals surface area contributed by atoms with E-state index in [1.54, 1.807) is 0 Å². The molecular weight excluding hydrogens is 386 g/mol. The lowest BCUT2D eigenvalue weighted by Gasteiger charge is -2.18. The number of fused-ring (bicyclic) bond motifs is 2. The molecule has 0 N–H and O–H groups in total. The van der Waals surface area contributed by atoms with Crippen LogP contribution in [0.1, 0.15) is 0 Å². The molecule has 0 atom stereocenters. The monoisotopic (exact) mass is 407 g/mol. The van der Waals surface area contributed by atoms with Crippen molar-refractivity contribution < 1.29 is 0 Å². The van der Waals surface area contributed by atoms with Crippen LogP contribution in [0.4, 0.5) is 0 Å². The molecule has 150 valence electrons. The van der Waals surface area contributed by atoms with E-state index in [2.05, 4.69) is 114 Å². The van der Waals surface area contributed by atoms with E-state index >= 15 is 0 Å². The lowest BCUT2D eigenvalue weighted by Crippen LogP contribution is -1.92. The summed E-state index contributed by atoms with van der Waals surface area (Å²) in [5.74, 6) is 0. The van der Waals surface area contributed by atoms with Crippen LogP contribution in [0, 0.1) is 0 Å². The molecule has 6 aromatic rings. The summed E-state index contributed by atoms with van der Waals surface area (Å²) in [5.41, 5.74) is 7.26. The fourth-order valence-corrected chi connectivity index (χ4v) is 4.64. The maximum Gasteiger partial charge on any atom is 0.0346 e. The smallest absolute Gasteiger partial charge is 0.0346 e. The summed E-state index contributed by atoms with van der Waals surface area (Å²) in [6.07, 6.45) is 3.77. The van der Waals surface area contributed by atoms with Crippen molar-refractivity contribution in [3.63, 3.8) is 0 Å². The van der Waals surface area contributed by atoms with Crippen LogP contribution in [0.3, 0.4) is 0 Å². The number of rotatable bonds is 3. The highest BCUT2D eigenvalue weighted by Gasteiger charge is 2.16. The molecule has 0 saturated heterocycles. The Hall–Kier alpha value is -4.23. The van der Waals surface area contributed by atoms with E-state index in [9.17, 15) is 0 Å². The number of hydrogen-bond donors (Lipinski definition) is 0. The molecule has 1 aromatic heterocycles. The molecule has 0 fully saturated rings. The van der Waals surface area contributed by atoms with E-state index in [0.29, 0.717) is 0 Å². The van der Waals surface area contributed by atoms with Crippen LogP contribution in [0.25, 0.3) is 54.9 Å². The first-order valence-corrected chi connectivity index (χ1v) is 10.9. The van der Waals surface area contributed by atoms with Crippen LogP contribution in [0.15, 0.2) is 128 Å². The van der Waals surface area contributed by atoms with Gasteiger partial charge in [-0.3, -0.25) is 4.98 Å². The molecule has 1 heterocycles.